The molecule has 0 amide bonds. The zero-order valence-corrected chi connectivity index (χ0v) is 12.7. The summed E-state index contributed by atoms with van der Waals surface area (Å²) in [6.45, 7) is 7.17. The normalized spacial score (nSPS) is 15.9. The van der Waals surface area contributed by atoms with E-state index in [1.165, 1.54) is 28.6 Å². The molecule has 0 radical (unpaired) electrons. The van der Waals surface area contributed by atoms with E-state index in [4.69, 9.17) is 9.16 Å². The maximum absolute atomic E-state index is 5.92. The number of unbranched alkanes of at least 4 members (excludes halogenated alkanes) is 1. The summed E-state index contributed by atoms with van der Waals surface area (Å²) in [4.78, 5) is 0. The summed E-state index contributed by atoms with van der Waals surface area (Å²) in [6, 6.07) is 1.34. The number of rotatable bonds is 8. The smallest absolute Gasteiger partial charge is 0.157 e. The first-order chi connectivity index (χ1) is 6.24. The van der Waals surface area contributed by atoms with Gasteiger partial charge in [-0.15, -0.1) is 0 Å². The Bertz CT molecular complexity index is 112. The molecule has 0 N–H and O–H groups in total. The fourth-order valence-corrected chi connectivity index (χ4v) is 5.30. The fourth-order valence-electron chi connectivity index (χ4n) is 1.26. The molecule has 0 aliphatic rings. The van der Waals surface area contributed by atoms with Crippen LogP contribution >= 0.6 is 0 Å². The van der Waals surface area contributed by atoms with Gasteiger partial charge in [-0.3, -0.25) is 0 Å². The first kappa shape index (κ1) is 13.4. The molecule has 2 atom stereocenters. The standard InChI is InChI=1S/C9H24O2Si2/c1-4-7-8-13(12)11-9(5-2)10-6-3/h9,13H,4-8H2,1-3,12H3. The third-order valence-corrected chi connectivity index (χ3v) is 6.57. The third-order valence-electron chi connectivity index (χ3n) is 2.03. The maximum atomic E-state index is 5.92. The summed E-state index contributed by atoms with van der Waals surface area (Å²) >= 11 is 0. The van der Waals surface area contributed by atoms with Crippen LogP contribution in [0.4, 0.5) is 0 Å². The van der Waals surface area contributed by atoms with E-state index >= 15 is 0 Å². The van der Waals surface area contributed by atoms with E-state index in [2.05, 4.69) is 13.8 Å². The van der Waals surface area contributed by atoms with Crippen LogP contribution in [0.3, 0.4) is 0 Å². The molecule has 2 unspecified atom stereocenters. The molecule has 0 heterocycles. The molecule has 2 nitrogen and oxygen atoms in total. The monoisotopic (exact) mass is 220 g/mol. The first-order valence-corrected chi connectivity index (χ1v) is 11.4. The van der Waals surface area contributed by atoms with Gasteiger partial charge in [-0.1, -0.05) is 26.7 Å². The quantitative estimate of drug-likeness (QED) is 0.451. The molecule has 0 fully saturated rings. The second kappa shape index (κ2) is 8.93. The lowest BCUT2D eigenvalue weighted by Crippen LogP contribution is -2.28. The van der Waals surface area contributed by atoms with Crippen molar-refractivity contribution in [1.29, 1.82) is 0 Å². The van der Waals surface area contributed by atoms with E-state index in [9.17, 15) is 0 Å². The predicted octanol–water partition coefficient (Wildman–Crippen LogP) is 1.16. The van der Waals surface area contributed by atoms with Gasteiger partial charge >= 0.3 is 0 Å². The molecule has 0 aliphatic heterocycles. The van der Waals surface area contributed by atoms with Gasteiger partial charge < -0.3 is 9.16 Å². The summed E-state index contributed by atoms with van der Waals surface area (Å²) in [5, 5.41) is 0. The highest BCUT2D eigenvalue weighted by Crippen LogP contribution is 2.06. The molecule has 0 spiro atoms. The molecule has 0 aromatic rings. The third kappa shape index (κ3) is 7.43. The summed E-state index contributed by atoms with van der Waals surface area (Å²) < 4.78 is 11.4. The van der Waals surface area contributed by atoms with E-state index in [0.717, 1.165) is 13.0 Å². The van der Waals surface area contributed by atoms with Crippen molar-refractivity contribution in [3.05, 3.63) is 0 Å². The number of ether oxygens (including phenoxy) is 1. The summed E-state index contributed by atoms with van der Waals surface area (Å²) in [6.07, 6.45) is 3.71. The van der Waals surface area contributed by atoms with Crippen LogP contribution in [0.1, 0.15) is 40.0 Å². The Kier molecular flexibility index (Phi) is 9.17. The van der Waals surface area contributed by atoms with Crippen LogP contribution < -0.4 is 0 Å². The Morgan fingerprint density at radius 2 is 2.00 bits per heavy atom. The van der Waals surface area contributed by atoms with Crippen molar-refractivity contribution in [2.75, 3.05) is 6.61 Å². The highest BCUT2D eigenvalue weighted by molar-refractivity contribution is 6.99. The van der Waals surface area contributed by atoms with E-state index in [1.807, 2.05) is 6.92 Å². The fraction of sp³-hybridized carbons (Fsp3) is 1.00. The second-order valence-corrected chi connectivity index (χ2v) is 9.72. The van der Waals surface area contributed by atoms with Crippen molar-refractivity contribution < 1.29 is 9.16 Å². The Morgan fingerprint density at radius 1 is 1.31 bits per heavy atom. The van der Waals surface area contributed by atoms with Gasteiger partial charge in [-0.05, 0) is 19.4 Å². The molecule has 0 aromatic carbocycles. The molecule has 0 rings (SSSR count). The van der Waals surface area contributed by atoms with Crippen LogP contribution in [0.15, 0.2) is 0 Å². The Balaban J connectivity index is 3.53. The van der Waals surface area contributed by atoms with Gasteiger partial charge in [0.25, 0.3) is 0 Å². The SMILES string of the molecule is CCCC[SiH]([SiH3])OC(CC)OCC. The van der Waals surface area contributed by atoms with Crippen LogP contribution in [-0.2, 0) is 9.16 Å². The number of hydrogen-bond acceptors (Lipinski definition) is 2. The van der Waals surface area contributed by atoms with Gasteiger partial charge in [-0.2, -0.15) is 0 Å². The van der Waals surface area contributed by atoms with E-state index in [0.29, 0.717) is 0 Å². The molecule has 0 saturated carbocycles. The van der Waals surface area contributed by atoms with Crippen LogP contribution in [-0.4, -0.2) is 31.2 Å². The van der Waals surface area contributed by atoms with E-state index in [1.54, 1.807) is 0 Å². The predicted molar refractivity (Wildman–Crippen MR) is 63.6 cm³/mol. The van der Waals surface area contributed by atoms with Crippen molar-refractivity contribution in [3.8, 4) is 0 Å². The molecule has 0 bridgehead atoms. The van der Waals surface area contributed by atoms with Crippen LogP contribution in [0.25, 0.3) is 0 Å². The molecule has 80 valence electrons. The zero-order chi connectivity index (χ0) is 10.1. The molecule has 0 aliphatic carbocycles. The first-order valence-electron chi connectivity index (χ1n) is 5.51. The number of hydrogen-bond donors (Lipinski definition) is 0. The lowest BCUT2D eigenvalue weighted by Gasteiger charge is -2.20. The Hall–Kier alpha value is 0.354. The highest BCUT2D eigenvalue weighted by atomic mass is 29.2. The molecule has 13 heavy (non-hydrogen) atoms. The molecular formula is C9H24O2Si2. The molecular weight excluding hydrogens is 196 g/mol. The van der Waals surface area contributed by atoms with Gasteiger partial charge in [0.1, 0.15) is 6.29 Å². The van der Waals surface area contributed by atoms with Crippen molar-refractivity contribution in [2.45, 2.75) is 52.4 Å². The molecule has 0 saturated heterocycles. The Morgan fingerprint density at radius 3 is 2.46 bits per heavy atom. The summed E-state index contributed by atoms with van der Waals surface area (Å²) in [5.74, 6) is 0. The Labute approximate surface area is 86.9 Å². The lowest BCUT2D eigenvalue weighted by molar-refractivity contribution is -0.0775. The van der Waals surface area contributed by atoms with Crippen LogP contribution in [0.5, 0.6) is 0 Å². The molecule has 4 heteroatoms. The minimum absolute atomic E-state index is 0.0935. The van der Waals surface area contributed by atoms with Crippen LogP contribution in [0, 0.1) is 0 Å². The minimum atomic E-state index is -0.813. The largest absolute Gasteiger partial charge is 0.400 e. The summed E-state index contributed by atoms with van der Waals surface area (Å²) in [7, 11) is 0.437. The molecule has 0 aromatic heterocycles. The van der Waals surface area contributed by atoms with Gasteiger partial charge in [-0.25, -0.2) is 0 Å². The van der Waals surface area contributed by atoms with Crippen molar-refractivity contribution in [2.24, 2.45) is 0 Å². The zero-order valence-electron chi connectivity index (χ0n) is 9.51. The highest BCUT2D eigenvalue weighted by Gasteiger charge is 2.11. The van der Waals surface area contributed by atoms with Gasteiger partial charge in [0.15, 0.2) is 8.56 Å². The summed E-state index contributed by atoms with van der Waals surface area (Å²) in [5.41, 5.74) is 0. The van der Waals surface area contributed by atoms with E-state index in [-0.39, 0.29) is 6.29 Å². The maximum Gasteiger partial charge on any atom is 0.157 e. The van der Waals surface area contributed by atoms with Crippen molar-refractivity contribution >= 4 is 18.3 Å². The average molecular weight is 220 g/mol. The van der Waals surface area contributed by atoms with Gasteiger partial charge in [0.2, 0.25) is 0 Å². The van der Waals surface area contributed by atoms with E-state index < -0.39 is 8.56 Å². The minimum Gasteiger partial charge on any atom is -0.400 e. The average Bonchev–Trinajstić information content (AvgIpc) is 2.14. The van der Waals surface area contributed by atoms with Gasteiger partial charge in [0.05, 0.1) is 0 Å². The lowest BCUT2D eigenvalue weighted by atomic mass is 10.4. The topological polar surface area (TPSA) is 18.5 Å². The van der Waals surface area contributed by atoms with Crippen molar-refractivity contribution in [3.63, 3.8) is 0 Å². The second-order valence-electron chi connectivity index (χ2n) is 3.38. The van der Waals surface area contributed by atoms with Crippen molar-refractivity contribution in [1.82, 2.24) is 0 Å². The van der Waals surface area contributed by atoms with Gasteiger partial charge in [0, 0.05) is 16.4 Å². The van der Waals surface area contributed by atoms with Crippen LogP contribution in [0.2, 0.25) is 6.04 Å².